The molecule has 2 aliphatic carbocycles. The number of allylic oxidation sites excluding steroid dienone is 2. The summed E-state index contributed by atoms with van der Waals surface area (Å²) in [6.07, 6.45) is 5.19. The predicted octanol–water partition coefficient (Wildman–Crippen LogP) is 5.78. The fourth-order valence-corrected chi connectivity index (χ4v) is 5.40. The normalized spacial score (nSPS) is 24.0. The van der Waals surface area contributed by atoms with Gasteiger partial charge in [-0.2, -0.15) is 0 Å². The van der Waals surface area contributed by atoms with Crippen molar-refractivity contribution in [3.8, 4) is 11.4 Å². The molecule has 2 aromatic rings. The van der Waals surface area contributed by atoms with Gasteiger partial charge in [0.1, 0.15) is 0 Å². The number of rotatable bonds is 1. The molecule has 3 aliphatic rings. The van der Waals surface area contributed by atoms with Gasteiger partial charge in [0.25, 0.3) is 0 Å². The van der Waals surface area contributed by atoms with Crippen molar-refractivity contribution in [3.05, 3.63) is 53.1 Å². The second-order valence-corrected chi connectivity index (χ2v) is 9.79. The predicted molar refractivity (Wildman–Crippen MR) is 115 cm³/mol. The van der Waals surface area contributed by atoms with Gasteiger partial charge in [-0.05, 0) is 52.4 Å². The third-order valence-corrected chi connectivity index (χ3v) is 7.40. The van der Waals surface area contributed by atoms with Crippen LogP contribution in [0.3, 0.4) is 0 Å². The fraction of sp³-hybridized carbons (Fsp3) is 0.520. The summed E-state index contributed by atoms with van der Waals surface area (Å²) in [5, 5.41) is 8.36. The van der Waals surface area contributed by atoms with Crippen molar-refractivity contribution in [2.45, 2.75) is 83.6 Å². The summed E-state index contributed by atoms with van der Waals surface area (Å²) in [6, 6.07) is 9.91. The van der Waals surface area contributed by atoms with E-state index in [1.165, 1.54) is 61.8 Å². The van der Waals surface area contributed by atoms with E-state index in [4.69, 9.17) is 10.1 Å². The zero-order chi connectivity index (χ0) is 21.1. The Labute approximate surface area is 193 Å². The fourth-order valence-electron chi connectivity index (χ4n) is 5.40. The average Bonchev–Trinajstić information content (AvgIpc) is 3.32. The molecule has 5 rings (SSSR count). The molecule has 1 aliphatic heterocycles. The minimum atomic E-state index is -0.125. The average molecular weight is 584 g/mol. The van der Waals surface area contributed by atoms with Gasteiger partial charge in [-0.15, -0.1) is 35.4 Å². The molecule has 0 saturated heterocycles. The molecule has 2 unspecified atom stereocenters. The Morgan fingerprint density at radius 3 is 2.50 bits per heavy atom. The van der Waals surface area contributed by atoms with E-state index in [1.54, 1.807) is 5.69 Å². The molecule has 0 spiro atoms. The van der Waals surface area contributed by atoms with Crippen molar-refractivity contribution >= 4 is 5.78 Å². The van der Waals surface area contributed by atoms with Crippen LogP contribution < -0.4 is 0 Å². The standard InChI is InChI=1S/C20H23N2.C5H8O2.Ir/c1-19(2)15-8-6-5-7-14(15)18-21-16-12-9-10-13(11-12)17(16)22(18)20(19,3)4;1-4(6)3-5(2)7;/h5-6,8,12-13H,9-11H2,1-4H3;3,6H,1-2H3;/q-1;;. The number of aromatic nitrogens is 2. The van der Waals surface area contributed by atoms with Gasteiger partial charge in [-0.3, -0.25) is 9.78 Å². The van der Waals surface area contributed by atoms with Gasteiger partial charge in [0.2, 0.25) is 0 Å². The number of benzene rings is 1. The van der Waals surface area contributed by atoms with E-state index in [9.17, 15) is 4.79 Å². The van der Waals surface area contributed by atoms with E-state index in [-0.39, 0.29) is 42.6 Å². The number of hydrogen-bond acceptors (Lipinski definition) is 3. The van der Waals surface area contributed by atoms with Gasteiger partial charge in [-0.1, -0.05) is 13.8 Å². The van der Waals surface area contributed by atoms with Gasteiger partial charge in [0, 0.05) is 49.3 Å². The molecule has 2 heterocycles. The van der Waals surface area contributed by atoms with Crippen LogP contribution in [0.25, 0.3) is 11.4 Å². The Kier molecular flexibility index (Phi) is 5.94. The van der Waals surface area contributed by atoms with Gasteiger partial charge in [-0.25, -0.2) is 0 Å². The quantitative estimate of drug-likeness (QED) is 0.263. The number of aliphatic hydroxyl groups excluding tert-OH is 1. The molecule has 1 saturated carbocycles. The summed E-state index contributed by atoms with van der Waals surface area (Å²) in [5.74, 6) is 2.56. The van der Waals surface area contributed by atoms with Crippen LogP contribution in [0.15, 0.2) is 30.0 Å². The van der Waals surface area contributed by atoms with Crippen molar-refractivity contribution in [2.24, 2.45) is 0 Å². The van der Waals surface area contributed by atoms with E-state index in [1.807, 2.05) is 6.07 Å². The van der Waals surface area contributed by atoms with Crippen LogP contribution in [0.1, 0.15) is 89.6 Å². The molecular formula is C25H31IrN2O2-. The number of nitrogens with zero attached hydrogens (tertiary/aromatic N) is 2. The molecule has 1 N–H and O–H groups in total. The smallest absolute Gasteiger partial charge is 0.155 e. The maximum atomic E-state index is 10.0. The summed E-state index contributed by atoms with van der Waals surface area (Å²) in [5.41, 5.74) is 5.68. The van der Waals surface area contributed by atoms with Crippen LogP contribution in [0, 0.1) is 6.07 Å². The van der Waals surface area contributed by atoms with E-state index in [0.717, 1.165) is 5.92 Å². The van der Waals surface area contributed by atoms with Crippen molar-refractivity contribution < 1.29 is 30.0 Å². The topological polar surface area (TPSA) is 55.1 Å². The van der Waals surface area contributed by atoms with E-state index in [2.05, 4.69) is 50.5 Å². The monoisotopic (exact) mass is 584 g/mol. The second kappa shape index (κ2) is 7.76. The zero-order valence-electron chi connectivity index (χ0n) is 18.7. The third kappa shape index (κ3) is 3.31. The van der Waals surface area contributed by atoms with Crippen LogP contribution in [0.2, 0.25) is 0 Å². The van der Waals surface area contributed by atoms with E-state index in [0.29, 0.717) is 5.92 Å². The summed E-state index contributed by atoms with van der Waals surface area (Å²) < 4.78 is 2.59. The van der Waals surface area contributed by atoms with Crippen molar-refractivity contribution in [3.63, 3.8) is 0 Å². The summed E-state index contributed by atoms with van der Waals surface area (Å²) in [6.45, 7) is 12.4. The van der Waals surface area contributed by atoms with Gasteiger partial charge < -0.3 is 9.67 Å². The minimum Gasteiger partial charge on any atom is -0.512 e. The molecule has 0 amide bonds. The van der Waals surface area contributed by atoms with Crippen LogP contribution in [0.4, 0.5) is 0 Å². The summed E-state index contributed by atoms with van der Waals surface area (Å²) in [7, 11) is 0. The molecule has 2 atom stereocenters. The Morgan fingerprint density at radius 2 is 1.90 bits per heavy atom. The zero-order valence-corrected chi connectivity index (χ0v) is 21.1. The Balaban J connectivity index is 0.000000281. The van der Waals surface area contributed by atoms with E-state index < -0.39 is 0 Å². The number of fused-ring (bicyclic) bond motifs is 9. The molecule has 30 heavy (non-hydrogen) atoms. The molecule has 163 valence electrons. The summed E-state index contributed by atoms with van der Waals surface area (Å²) in [4.78, 5) is 15.2. The van der Waals surface area contributed by atoms with Crippen LogP contribution in [-0.4, -0.2) is 20.4 Å². The SMILES string of the molecule is CC(=O)C=C(C)O.CC1(C)c2ccc[c-]c2-c2nc3c(n2C1(C)C)C1CCC3C1.[Ir]. The number of carbonyl (C=O) groups is 1. The first-order valence-electron chi connectivity index (χ1n) is 10.6. The minimum absolute atomic E-state index is 0. The van der Waals surface area contributed by atoms with Gasteiger partial charge in [0.15, 0.2) is 5.78 Å². The Hall–Kier alpha value is -1.71. The molecule has 1 aromatic carbocycles. The van der Waals surface area contributed by atoms with Crippen molar-refractivity contribution in [2.75, 3.05) is 0 Å². The Morgan fingerprint density at radius 1 is 1.23 bits per heavy atom. The molecule has 5 heteroatoms. The molecule has 1 aromatic heterocycles. The van der Waals surface area contributed by atoms with E-state index >= 15 is 0 Å². The number of carbonyl (C=O) groups excluding carboxylic acids is 1. The van der Waals surface area contributed by atoms with Crippen molar-refractivity contribution in [1.29, 1.82) is 0 Å². The van der Waals surface area contributed by atoms with Gasteiger partial charge in [0.05, 0.1) is 17.3 Å². The number of hydrogen-bond donors (Lipinski definition) is 1. The Bertz CT molecular complexity index is 1010. The van der Waals surface area contributed by atoms with Crippen molar-refractivity contribution in [1.82, 2.24) is 9.55 Å². The molecule has 2 bridgehead atoms. The van der Waals surface area contributed by atoms with Gasteiger partial charge >= 0.3 is 0 Å². The molecule has 1 fully saturated rings. The maximum Gasteiger partial charge on any atom is 0.155 e. The van der Waals surface area contributed by atoms with Crippen LogP contribution in [-0.2, 0) is 35.9 Å². The first-order chi connectivity index (χ1) is 13.6. The molecule has 4 nitrogen and oxygen atoms in total. The first kappa shape index (κ1) is 23.0. The largest absolute Gasteiger partial charge is 0.512 e. The number of ketones is 1. The first-order valence-corrected chi connectivity index (χ1v) is 10.6. The second-order valence-electron chi connectivity index (χ2n) is 9.79. The third-order valence-electron chi connectivity index (χ3n) is 7.40. The molecular weight excluding hydrogens is 553 g/mol. The molecule has 1 radical (unpaired) electrons. The number of aliphatic hydroxyl groups is 1. The maximum absolute atomic E-state index is 10.0. The number of imidazole rings is 1. The van der Waals surface area contributed by atoms with Crippen LogP contribution >= 0.6 is 0 Å². The van der Waals surface area contributed by atoms with Crippen LogP contribution in [0.5, 0.6) is 0 Å². The summed E-state index contributed by atoms with van der Waals surface area (Å²) >= 11 is 0.